The molecule has 0 saturated heterocycles. The van der Waals surface area contributed by atoms with E-state index in [9.17, 15) is 17.6 Å². The molecule has 0 unspecified atom stereocenters. The molecule has 2 aromatic rings. The highest BCUT2D eigenvalue weighted by Crippen LogP contribution is 2.21. The molecule has 0 fully saturated rings. The Bertz CT molecular complexity index is 792. The molecule has 0 heterocycles. The van der Waals surface area contributed by atoms with Crippen molar-refractivity contribution in [1.29, 1.82) is 0 Å². The van der Waals surface area contributed by atoms with Crippen LogP contribution in [0.4, 0.5) is 10.1 Å². The molecule has 0 aliphatic carbocycles. The number of carbonyl (C=O) groups is 1. The van der Waals surface area contributed by atoms with Crippen molar-refractivity contribution in [2.45, 2.75) is 4.90 Å². The lowest BCUT2D eigenvalue weighted by atomic mass is 10.2. The van der Waals surface area contributed by atoms with Crippen LogP contribution in [-0.2, 0) is 10.0 Å². The molecule has 0 aliphatic rings. The molecule has 110 valence electrons. The molecular weight excluding hydrogens is 363 g/mol. The number of hydrogen-bond donors (Lipinski definition) is 2. The summed E-state index contributed by atoms with van der Waals surface area (Å²) >= 11 is 2.95. The summed E-state index contributed by atoms with van der Waals surface area (Å²) in [6.07, 6.45) is 0. The zero-order chi connectivity index (χ0) is 15.6. The van der Waals surface area contributed by atoms with Crippen LogP contribution in [0.15, 0.2) is 51.8 Å². The van der Waals surface area contributed by atoms with Crippen molar-refractivity contribution < 1.29 is 17.6 Å². The first-order chi connectivity index (χ1) is 9.79. The van der Waals surface area contributed by atoms with Gasteiger partial charge < -0.3 is 5.73 Å². The van der Waals surface area contributed by atoms with Gasteiger partial charge in [-0.3, -0.25) is 9.52 Å². The highest BCUT2D eigenvalue weighted by molar-refractivity contribution is 9.10. The molecule has 8 heteroatoms. The Balaban J connectivity index is 2.28. The van der Waals surface area contributed by atoms with Crippen LogP contribution in [0, 0.1) is 5.82 Å². The molecular formula is C13H10BrFN2O3S. The summed E-state index contributed by atoms with van der Waals surface area (Å²) in [6, 6.07) is 9.06. The lowest BCUT2D eigenvalue weighted by Crippen LogP contribution is -2.14. The quantitative estimate of drug-likeness (QED) is 0.863. The number of amides is 1. The van der Waals surface area contributed by atoms with Crippen LogP contribution in [0.5, 0.6) is 0 Å². The number of nitrogens with one attached hydrogen (secondary N) is 1. The molecule has 5 nitrogen and oxygen atoms in total. The van der Waals surface area contributed by atoms with Crippen LogP contribution in [0.25, 0.3) is 0 Å². The number of nitrogens with two attached hydrogens (primary N) is 1. The van der Waals surface area contributed by atoms with E-state index in [2.05, 4.69) is 20.7 Å². The third-order valence-electron chi connectivity index (χ3n) is 2.62. The fourth-order valence-electron chi connectivity index (χ4n) is 1.56. The summed E-state index contributed by atoms with van der Waals surface area (Å²) in [7, 11) is -3.91. The van der Waals surface area contributed by atoms with E-state index in [1.807, 2.05) is 0 Å². The van der Waals surface area contributed by atoms with E-state index in [0.717, 1.165) is 6.07 Å². The molecule has 0 aromatic heterocycles. The van der Waals surface area contributed by atoms with E-state index in [1.165, 1.54) is 36.4 Å². The summed E-state index contributed by atoms with van der Waals surface area (Å²) < 4.78 is 40.1. The van der Waals surface area contributed by atoms with E-state index < -0.39 is 21.7 Å². The lowest BCUT2D eigenvalue weighted by molar-refractivity contribution is 0.100. The number of benzene rings is 2. The highest BCUT2D eigenvalue weighted by atomic mass is 79.9. The summed E-state index contributed by atoms with van der Waals surface area (Å²) in [5, 5.41) is 0. The van der Waals surface area contributed by atoms with Crippen LogP contribution >= 0.6 is 15.9 Å². The predicted molar refractivity (Wildman–Crippen MR) is 79.9 cm³/mol. The zero-order valence-corrected chi connectivity index (χ0v) is 12.9. The second-order valence-corrected chi connectivity index (χ2v) is 6.66. The highest BCUT2D eigenvalue weighted by Gasteiger charge is 2.16. The van der Waals surface area contributed by atoms with Crippen molar-refractivity contribution in [3.63, 3.8) is 0 Å². The van der Waals surface area contributed by atoms with Gasteiger partial charge in [0.1, 0.15) is 5.82 Å². The molecule has 0 bridgehead atoms. The van der Waals surface area contributed by atoms with Crippen molar-refractivity contribution >= 4 is 37.5 Å². The van der Waals surface area contributed by atoms with Gasteiger partial charge in [0.25, 0.3) is 10.0 Å². The standard InChI is InChI=1S/C13H10BrFN2O3S/c14-11-6-5-10(7-12(11)15)21(19,20)17-9-3-1-8(2-4-9)13(16)18/h1-7,17H,(H2,16,18). The Labute approximate surface area is 129 Å². The van der Waals surface area contributed by atoms with E-state index in [1.54, 1.807) is 0 Å². The van der Waals surface area contributed by atoms with E-state index in [0.29, 0.717) is 0 Å². The minimum atomic E-state index is -3.91. The van der Waals surface area contributed by atoms with Gasteiger partial charge in [-0.1, -0.05) is 0 Å². The summed E-state index contributed by atoms with van der Waals surface area (Å²) in [5.41, 5.74) is 5.59. The second-order valence-electron chi connectivity index (χ2n) is 4.12. The zero-order valence-electron chi connectivity index (χ0n) is 10.5. The first-order valence-corrected chi connectivity index (χ1v) is 7.95. The molecule has 3 N–H and O–H groups in total. The predicted octanol–water partition coefficient (Wildman–Crippen LogP) is 2.49. The Hall–Kier alpha value is -1.93. The van der Waals surface area contributed by atoms with Crippen molar-refractivity contribution in [2.24, 2.45) is 5.73 Å². The molecule has 0 saturated carbocycles. The number of rotatable bonds is 4. The van der Waals surface area contributed by atoms with Gasteiger partial charge in [0.2, 0.25) is 5.91 Å². The average molecular weight is 373 g/mol. The maximum atomic E-state index is 13.4. The number of sulfonamides is 1. The van der Waals surface area contributed by atoms with Crippen LogP contribution in [-0.4, -0.2) is 14.3 Å². The first kappa shape index (κ1) is 15.5. The Morgan fingerprint density at radius 3 is 2.29 bits per heavy atom. The molecule has 0 spiro atoms. The summed E-state index contributed by atoms with van der Waals surface area (Å²) in [4.78, 5) is 10.7. The SMILES string of the molecule is NC(=O)c1ccc(NS(=O)(=O)c2ccc(Br)c(F)c2)cc1. The third kappa shape index (κ3) is 3.59. The fraction of sp³-hybridized carbons (Fsp3) is 0. The summed E-state index contributed by atoms with van der Waals surface area (Å²) in [6.45, 7) is 0. The van der Waals surface area contributed by atoms with Crippen molar-refractivity contribution in [1.82, 2.24) is 0 Å². The van der Waals surface area contributed by atoms with E-state index in [4.69, 9.17) is 5.73 Å². The number of anilines is 1. The van der Waals surface area contributed by atoms with Crippen LogP contribution < -0.4 is 10.5 Å². The number of primary amides is 1. The van der Waals surface area contributed by atoms with Crippen molar-refractivity contribution in [2.75, 3.05) is 4.72 Å². The minimum absolute atomic E-state index is 0.173. The average Bonchev–Trinajstić information content (AvgIpc) is 2.42. The van der Waals surface area contributed by atoms with Crippen molar-refractivity contribution in [3.8, 4) is 0 Å². The van der Waals surface area contributed by atoms with Gasteiger partial charge in [-0.2, -0.15) is 0 Å². The van der Waals surface area contributed by atoms with Gasteiger partial charge in [-0.25, -0.2) is 12.8 Å². The fourth-order valence-corrected chi connectivity index (χ4v) is 2.88. The molecule has 0 atom stereocenters. The smallest absolute Gasteiger partial charge is 0.261 e. The third-order valence-corrected chi connectivity index (χ3v) is 4.65. The normalized spacial score (nSPS) is 11.1. The van der Waals surface area contributed by atoms with E-state index in [-0.39, 0.29) is 20.6 Å². The van der Waals surface area contributed by atoms with Gasteiger partial charge in [0.05, 0.1) is 9.37 Å². The van der Waals surface area contributed by atoms with Crippen LogP contribution in [0.2, 0.25) is 0 Å². The maximum Gasteiger partial charge on any atom is 0.261 e. The molecule has 2 rings (SSSR count). The number of halogens is 2. The Kier molecular flexibility index (Phi) is 4.29. The molecule has 0 radical (unpaired) electrons. The Morgan fingerprint density at radius 2 is 1.76 bits per heavy atom. The minimum Gasteiger partial charge on any atom is -0.366 e. The summed E-state index contributed by atoms with van der Waals surface area (Å²) in [5.74, 6) is -1.29. The molecule has 2 aromatic carbocycles. The number of hydrogen-bond acceptors (Lipinski definition) is 3. The second kappa shape index (κ2) is 5.82. The van der Waals surface area contributed by atoms with Gasteiger partial charge >= 0.3 is 0 Å². The van der Waals surface area contributed by atoms with Gasteiger partial charge in [-0.15, -0.1) is 0 Å². The Morgan fingerprint density at radius 1 is 1.14 bits per heavy atom. The maximum absolute atomic E-state index is 13.4. The van der Waals surface area contributed by atoms with E-state index >= 15 is 0 Å². The molecule has 1 amide bonds. The van der Waals surface area contributed by atoms with Gasteiger partial charge in [0, 0.05) is 11.3 Å². The van der Waals surface area contributed by atoms with Crippen LogP contribution in [0.1, 0.15) is 10.4 Å². The first-order valence-electron chi connectivity index (χ1n) is 5.67. The van der Waals surface area contributed by atoms with Gasteiger partial charge in [0.15, 0.2) is 0 Å². The van der Waals surface area contributed by atoms with Crippen molar-refractivity contribution in [3.05, 3.63) is 58.3 Å². The monoisotopic (exact) mass is 372 g/mol. The largest absolute Gasteiger partial charge is 0.366 e. The number of carbonyl (C=O) groups excluding carboxylic acids is 1. The topological polar surface area (TPSA) is 89.3 Å². The van der Waals surface area contributed by atoms with Gasteiger partial charge in [-0.05, 0) is 58.4 Å². The lowest BCUT2D eigenvalue weighted by Gasteiger charge is -2.09. The van der Waals surface area contributed by atoms with Crippen LogP contribution in [0.3, 0.4) is 0 Å². The molecule has 21 heavy (non-hydrogen) atoms. The molecule has 0 aliphatic heterocycles.